The molecule has 1 heterocycles. The molecule has 32 heavy (non-hydrogen) atoms. The minimum atomic E-state index is -1.05. The van der Waals surface area contributed by atoms with Gasteiger partial charge in [-0.05, 0) is 31.2 Å². The van der Waals surface area contributed by atoms with Gasteiger partial charge in [0.2, 0.25) is 5.82 Å². The highest BCUT2D eigenvalue weighted by molar-refractivity contribution is 6.45. The van der Waals surface area contributed by atoms with Crippen LogP contribution < -0.4 is 14.8 Å². The van der Waals surface area contributed by atoms with Crippen LogP contribution in [0, 0.1) is 18.6 Å². The number of nitrogens with zero attached hydrogens (tertiary/aromatic N) is 3. The lowest BCUT2D eigenvalue weighted by Gasteiger charge is -2.14. The van der Waals surface area contributed by atoms with E-state index < -0.39 is 35.0 Å². The number of aromatic nitrogens is 2. The van der Waals surface area contributed by atoms with Crippen LogP contribution in [0.15, 0.2) is 47.9 Å². The molecule has 0 aliphatic carbocycles. The fraction of sp³-hybridized carbons (Fsp3) is 0.143. The number of nitrogens with one attached hydrogen (secondary N) is 1. The molecule has 0 radical (unpaired) electrons. The second-order valence-corrected chi connectivity index (χ2v) is 6.59. The maximum absolute atomic E-state index is 15.0. The number of rotatable bonds is 7. The summed E-state index contributed by atoms with van der Waals surface area (Å²) in [4.78, 5) is 24.3. The van der Waals surface area contributed by atoms with E-state index in [1.54, 1.807) is 25.1 Å². The standard InChI is InChI=1S/C21H17ClF2N4O4/c1-11-12(22)6-4-8-14(11)31-20-17(24)21(27-10-26-20)32-15-9-5-7-13(23)16(15)18(28-30-3)19(29)25-2/h4-10H,1-3H3,(H,25,29). The average Bonchev–Trinajstić information content (AvgIpc) is 2.78. The number of amides is 1. The Hall–Kier alpha value is -3.79. The number of halogens is 3. The largest absolute Gasteiger partial charge is 0.436 e. The molecule has 0 saturated heterocycles. The van der Waals surface area contributed by atoms with E-state index in [9.17, 15) is 9.18 Å². The van der Waals surface area contributed by atoms with Gasteiger partial charge in [0.25, 0.3) is 17.7 Å². The summed E-state index contributed by atoms with van der Waals surface area (Å²) in [5, 5.41) is 6.31. The molecule has 0 saturated carbocycles. The highest BCUT2D eigenvalue weighted by Gasteiger charge is 2.25. The van der Waals surface area contributed by atoms with Gasteiger partial charge in [0.15, 0.2) is 5.71 Å². The molecular weight excluding hydrogens is 446 g/mol. The number of likely N-dealkylation sites (N-methyl/N-ethyl adjacent to an activating group) is 1. The van der Waals surface area contributed by atoms with Gasteiger partial charge in [-0.1, -0.05) is 28.9 Å². The highest BCUT2D eigenvalue weighted by Crippen LogP contribution is 2.34. The van der Waals surface area contributed by atoms with E-state index in [1.165, 1.54) is 26.3 Å². The first-order valence-electron chi connectivity index (χ1n) is 9.10. The Labute approximate surface area is 186 Å². The Kier molecular flexibility index (Phi) is 7.16. The van der Waals surface area contributed by atoms with Crippen molar-refractivity contribution in [3.05, 3.63) is 70.5 Å². The van der Waals surface area contributed by atoms with Gasteiger partial charge in [0.1, 0.15) is 30.8 Å². The van der Waals surface area contributed by atoms with Crippen LogP contribution in [0.3, 0.4) is 0 Å². The summed E-state index contributed by atoms with van der Waals surface area (Å²) in [7, 11) is 2.52. The normalized spacial score (nSPS) is 11.1. The number of carbonyl (C=O) groups excluding carboxylic acids is 1. The second kappa shape index (κ2) is 10.0. The molecular formula is C21H17ClF2N4O4. The van der Waals surface area contributed by atoms with Gasteiger partial charge < -0.3 is 19.6 Å². The fourth-order valence-corrected chi connectivity index (χ4v) is 2.78. The van der Waals surface area contributed by atoms with Gasteiger partial charge in [-0.3, -0.25) is 4.79 Å². The number of hydrogen-bond donors (Lipinski definition) is 1. The lowest BCUT2D eigenvalue weighted by Crippen LogP contribution is -2.29. The SMILES string of the molecule is CNC(=O)C(=NOC)c1c(F)cccc1Oc1ncnc(Oc2cccc(Cl)c2C)c1F. The van der Waals surface area contributed by atoms with Gasteiger partial charge in [-0.15, -0.1) is 0 Å². The second-order valence-electron chi connectivity index (χ2n) is 6.18. The van der Waals surface area contributed by atoms with E-state index in [-0.39, 0.29) is 17.1 Å². The molecule has 0 bridgehead atoms. The minimum absolute atomic E-state index is 0.230. The highest BCUT2D eigenvalue weighted by atomic mass is 35.5. The predicted molar refractivity (Wildman–Crippen MR) is 112 cm³/mol. The third-order valence-corrected chi connectivity index (χ3v) is 4.60. The molecule has 0 aliphatic heterocycles. The number of benzene rings is 2. The van der Waals surface area contributed by atoms with Crippen molar-refractivity contribution >= 4 is 23.2 Å². The molecule has 1 amide bonds. The van der Waals surface area contributed by atoms with Crippen LogP contribution in [0.25, 0.3) is 0 Å². The Balaban J connectivity index is 2.01. The van der Waals surface area contributed by atoms with Gasteiger partial charge in [-0.2, -0.15) is 14.4 Å². The van der Waals surface area contributed by atoms with E-state index in [4.69, 9.17) is 21.1 Å². The summed E-state index contributed by atoms with van der Waals surface area (Å²) in [6.45, 7) is 1.70. The number of oxime groups is 1. The lowest BCUT2D eigenvalue weighted by atomic mass is 10.1. The number of hydrogen-bond acceptors (Lipinski definition) is 7. The third kappa shape index (κ3) is 4.75. The zero-order valence-electron chi connectivity index (χ0n) is 17.1. The molecule has 8 nitrogen and oxygen atoms in total. The topological polar surface area (TPSA) is 94.9 Å². The van der Waals surface area contributed by atoms with Crippen LogP contribution in [0.4, 0.5) is 8.78 Å². The first kappa shape index (κ1) is 22.9. The monoisotopic (exact) mass is 462 g/mol. The summed E-state index contributed by atoms with van der Waals surface area (Å²) in [5.41, 5.74) is -0.184. The molecule has 3 rings (SSSR count). The fourth-order valence-electron chi connectivity index (χ4n) is 2.62. The molecule has 1 N–H and O–H groups in total. The van der Waals surface area contributed by atoms with Gasteiger partial charge in [0.05, 0.1) is 5.56 Å². The summed E-state index contributed by atoms with van der Waals surface area (Å²) in [6.07, 6.45) is 1.01. The van der Waals surface area contributed by atoms with E-state index >= 15 is 4.39 Å². The van der Waals surface area contributed by atoms with Crippen molar-refractivity contribution in [2.75, 3.05) is 14.2 Å². The molecule has 1 aromatic heterocycles. The first-order valence-corrected chi connectivity index (χ1v) is 9.48. The van der Waals surface area contributed by atoms with Crippen molar-refractivity contribution in [3.63, 3.8) is 0 Å². The van der Waals surface area contributed by atoms with Crippen LogP contribution >= 0.6 is 11.6 Å². The first-order chi connectivity index (χ1) is 15.4. The van der Waals surface area contributed by atoms with Crippen LogP contribution in [-0.2, 0) is 9.63 Å². The number of ether oxygens (including phenoxy) is 2. The molecule has 0 atom stereocenters. The molecule has 2 aromatic carbocycles. The summed E-state index contributed by atoms with van der Waals surface area (Å²) in [5.74, 6) is -3.58. The van der Waals surface area contributed by atoms with Crippen molar-refractivity contribution in [1.82, 2.24) is 15.3 Å². The van der Waals surface area contributed by atoms with Crippen LogP contribution in [0.1, 0.15) is 11.1 Å². The lowest BCUT2D eigenvalue weighted by molar-refractivity contribution is -0.114. The van der Waals surface area contributed by atoms with Crippen molar-refractivity contribution in [3.8, 4) is 23.3 Å². The Morgan fingerprint density at radius 1 is 1.06 bits per heavy atom. The Bertz CT molecular complexity index is 1190. The van der Waals surface area contributed by atoms with Gasteiger partial charge in [-0.25, -0.2) is 4.39 Å². The van der Waals surface area contributed by atoms with Crippen molar-refractivity contribution < 1.29 is 27.9 Å². The van der Waals surface area contributed by atoms with Gasteiger partial charge in [0, 0.05) is 17.6 Å². The van der Waals surface area contributed by atoms with Crippen LogP contribution in [0.5, 0.6) is 23.3 Å². The predicted octanol–water partition coefficient (Wildman–Crippen LogP) is 4.40. The maximum atomic E-state index is 15.0. The number of carbonyl (C=O) groups is 1. The summed E-state index contributed by atoms with van der Waals surface area (Å²) >= 11 is 6.06. The van der Waals surface area contributed by atoms with Crippen LogP contribution in [0.2, 0.25) is 5.02 Å². The molecule has 0 fully saturated rings. The smallest absolute Gasteiger partial charge is 0.273 e. The molecule has 11 heteroatoms. The maximum Gasteiger partial charge on any atom is 0.273 e. The summed E-state index contributed by atoms with van der Waals surface area (Å²) in [6, 6.07) is 8.60. The minimum Gasteiger partial charge on any atom is -0.436 e. The molecule has 0 aliphatic rings. The molecule has 0 spiro atoms. The third-order valence-electron chi connectivity index (χ3n) is 4.19. The zero-order valence-corrected chi connectivity index (χ0v) is 17.9. The van der Waals surface area contributed by atoms with Crippen molar-refractivity contribution in [2.45, 2.75) is 6.92 Å². The van der Waals surface area contributed by atoms with Crippen LogP contribution in [-0.4, -0.2) is 35.7 Å². The van der Waals surface area contributed by atoms with Crippen molar-refractivity contribution in [1.29, 1.82) is 0 Å². The van der Waals surface area contributed by atoms with E-state index in [0.717, 1.165) is 12.4 Å². The summed E-state index contributed by atoms with van der Waals surface area (Å²) < 4.78 is 40.7. The van der Waals surface area contributed by atoms with E-state index in [0.29, 0.717) is 10.6 Å². The van der Waals surface area contributed by atoms with E-state index in [2.05, 4.69) is 25.3 Å². The Morgan fingerprint density at radius 3 is 2.34 bits per heavy atom. The average molecular weight is 463 g/mol. The Morgan fingerprint density at radius 2 is 1.69 bits per heavy atom. The van der Waals surface area contributed by atoms with E-state index in [1.807, 2.05) is 0 Å². The van der Waals surface area contributed by atoms with Gasteiger partial charge >= 0.3 is 0 Å². The molecule has 3 aromatic rings. The molecule has 0 unspecified atom stereocenters. The quantitative estimate of drug-likeness (QED) is 0.413. The molecule has 166 valence electrons. The zero-order chi connectivity index (χ0) is 23.3. The van der Waals surface area contributed by atoms with Crippen molar-refractivity contribution in [2.24, 2.45) is 5.16 Å².